The lowest BCUT2D eigenvalue weighted by Crippen LogP contribution is -2.28. The Bertz CT molecular complexity index is 834. The van der Waals surface area contributed by atoms with E-state index in [1.165, 1.54) is 4.90 Å². The summed E-state index contributed by atoms with van der Waals surface area (Å²) in [6.07, 6.45) is 0.168. The zero-order valence-corrected chi connectivity index (χ0v) is 14.3. The highest BCUT2D eigenvalue weighted by Gasteiger charge is 2.21. The molecule has 1 heterocycles. The second-order valence-electron chi connectivity index (χ2n) is 5.61. The lowest BCUT2D eigenvalue weighted by Gasteiger charge is -2.21. The van der Waals surface area contributed by atoms with Gasteiger partial charge in [0, 0.05) is 6.54 Å². The van der Waals surface area contributed by atoms with Crippen molar-refractivity contribution >= 4 is 13.5 Å². The lowest BCUT2D eigenvalue weighted by molar-refractivity contribution is 0.371. The van der Waals surface area contributed by atoms with E-state index in [-0.39, 0.29) is 5.95 Å². The molecule has 0 aliphatic heterocycles. The molecule has 0 fully saturated rings. The number of aromatic nitrogens is 4. The van der Waals surface area contributed by atoms with Crippen molar-refractivity contribution in [2.45, 2.75) is 6.42 Å². The molecule has 3 aromatic rings. The second-order valence-corrected chi connectivity index (χ2v) is 7.22. The second kappa shape index (κ2) is 7.57. The highest BCUT2D eigenvalue weighted by atomic mass is 31.2. The zero-order valence-electron chi connectivity index (χ0n) is 13.4. The Morgan fingerprint density at radius 3 is 2.28 bits per heavy atom. The molecular formula is C16H18N5O3P. The van der Waals surface area contributed by atoms with Crippen molar-refractivity contribution in [2.75, 3.05) is 17.7 Å². The predicted molar refractivity (Wildman–Crippen MR) is 94.0 cm³/mol. The largest absolute Gasteiger partial charge is 0.344 e. The quantitative estimate of drug-likeness (QED) is 0.553. The van der Waals surface area contributed by atoms with E-state index in [1.807, 2.05) is 54.6 Å². The highest BCUT2D eigenvalue weighted by molar-refractivity contribution is 7.51. The number of hydrogen-bond acceptors (Lipinski definition) is 5. The summed E-state index contributed by atoms with van der Waals surface area (Å²) in [4.78, 5) is 19.9. The molecule has 0 unspecified atom stereocenters. The van der Waals surface area contributed by atoms with Gasteiger partial charge in [-0.25, -0.2) is 5.10 Å². The van der Waals surface area contributed by atoms with Gasteiger partial charge in [-0.1, -0.05) is 59.7 Å². The Morgan fingerprint density at radius 2 is 1.68 bits per heavy atom. The van der Waals surface area contributed by atoms with Gasteiger partial charge in [0.15, 0.2) is 0 Å². The average Bonchev–Trinajstić information content (AvgIpc) is 3.13. The van der Waals surface area contributed by atoms with Gasteiger partial charge in [-0.3, -0.25) is 4.57 Å². The Labute approximate surface area is 144 Å². The summed E-state index contributed by atoms with van der Waals surface area (Å²) >= 11 is 0. The molecule has 0 aliphatic carbocycles. The van der Waals surface area contributed by atoms with Gasteiger partial charge in [0.2, 0.25) is 5.95 Å². The van der Waals surface area contributed by atoms with E-state index in [0.29, 0.717) is 13.0 Å². The number of H-pyrrole nitrogens is 1. The monoisotopic (exact) mass is 359 g/mol. The first-order chi connectivity index (χ1) is 12.0. The third-order valence-corrected chi connectivity index (χ3v) is 4.43. The van der Waals surface area contributed by atoms with E-state index >= 15 is 0 Å². The molecule has 0 amide bonds. The van der Waals surface area contributed by atoms with Gasteiger partial charge in [-0.15, -0.1) is 0 Å². The maximum absolute atomic E-state index is 11.3. The molecule has 0 aliphatic rings. The molecule has 2 aromatic carbocycles. The van der Waals surface area contributed by atoms with Crippen LogP contribution in [0.2, 0.25) is 0 Å². The summed E-state index contributed by atoms with van der Waals surface area (Å²) in [5.74, 6) is 0.240. The minimum absolute atomic E-state index is 0.240. The summed E-state index contributed by atoms with van der Waals surface area (Å²) in [6.45, 7) is 0.382. The van der Waals surface area contributed by atoms with Crippen molar-refractivity contribution in [1.29, 1.82) is 0 Å². The van der Waals surface area contributed by atoms with Crippen molar-refractivity contribution in [3.8, 4) is 11.1 Å². The number of nitrogens with zero attached hydrogens (tertiary/aromatic N) is 4. The minimum atomic E-state index is -4.22. The zero-order chi connectivity index (χ0) is 17.7. The maximum Gasteiger partial charge on any atom is 0.344 e. The third kappa shape index (κ3) is 4.96. The number of hydrogen-bond donors (Lipinski definition) is 3. The summed E-state index contributed by atoms with van der Waals surface area (Å²) < 4.78 is 11.3. The first kappa shape index (κ1) is 17.3. The van der Waals surface area contributed by atoms with Crippen molar-refractivity contribution < 1.29 is 14.4 Å². The van der Waals surface area contributed by atoms with E-state index < -0.39 is 13.9 Å². The van der Waals surface area contributed by atoms with Gasteiger partial charge in [-0.05, 0) is 33.5 Å². The molecule has 0 atom stereocenters. The Kier molecular flexibility index (Phi) is 5.23. The Balaban J connectivity index is 1.68. The summed E-state index contributed by atoms with van der Waals surface area (Å²) in [7, 11) is -4.22. The normalized spacial score (nSPS) is 11.4. The Hall–Kier alpha value is -2.54. The topological polar surface area (TPSA) is 115 Å². The van der Waals surface area contributed by atoms with Crippen LogP contribution < -0.4 is 4.90 Å². The average molecular weight is 359 g/mol. The SMILES string of the molecule is O=P(O)(O)CN(CCc1ccc(-c2ccccc2)cc1)c1nnn[nH]1. The van der Waals surface area contributed by atoms with Crippen LogP contribution >= 0.6 is 7.60 Å². The van der Waals surface area contributed by atoms with Crippen LogP contribution in [-0.2, 0) is 11.0 Å². The summed E-state index contributed by atoms with van der Waals surface area (Å²) in [5.41, 5.74) is 3.32. The molecular weight excluding hydrogens is 341 g/mol. The van der Waals surface area contributed by atoms with Crippen molar-refractivity contribution in [3.63, 3.8) is 0 Å². The van der Waals surface area contributed by atoms with Crippen LogP contribution in [0.5, 0.6) is 0 Å². The van der Waals surface area contributed by atoms with E-state index in [1.54, 1.807) is 0 Å². The molecule has 25 heavy (non-hydrogen) atoms. The molecule has 9 heteroatoms. The van der Waals surface area contributed by atoms with E-state index in [4.69, 9.17) is 0 Å². The molecule has 0 radical (unpaired) electrons. The van der Waals surface area contributed by atoms with Crippen LogP contribution in [0.4, 0.5) is 5.95 Å². The molecule has 1 aromatic heterocycles. The van der Waals surface area contributed by atoms with Crippen LogP contribution in [0.15, 0.2) is 54.6 Å². The van der Waals surface area contributed by atoms with Gasteiger partial charge in [0.25, 0.3) is 0 Å². The summed E-state index contributed by atoms with van der Waals surface area (Å²) in [5, 5.41) is 13.2. The molecule has 130 valence electrons. The van der Waals surface area contributed by atoms with Gasteiger partial charge in [0.05, 0.1) is 0 Å². The first-order valence-corrected chi connectivity index (χ1v) is 9.49. The number of benzene rings is 2. The van der Waals surface area contributed by atoms with E-state index in [2.05, 4.69) is 20.6 Å². The predicted octanol–water partition coefficient (Wildman–Crippen LogP) is 2.05. The van der Waals surface area contributed by atoms with E-state index in [0.717, 1.165) is 16.7 Å². The lowest BCUT2D eigenvalue weighted by atomic mass is 10.0. The third-order valence-electron chi connectivity index (χ3n) is 3.72. The highest BCUT2D eigenvalue weighted by Crippen LogP contribution is 2.36. The van der Waals surface area contributed by atoms with Crippen molar-refractivity contribution in [2.24, 2.45) is 0 Å². The van der Waals surface area contributed by atoms with Crippen LogP contribution in [-0.4, -0.2) is 43.2 Å². The fraction of sp³-hybridized carbons (Fsp3) is 0.188. The number of nitrogens with one attached hydrogen (secondary N) is 1. The van der Waals surface area contributed by atoms with Crippen molar-refractivity contribution in [3.05, 3.63) is 60.2 Å². The van der Waals surface area contributed by atoms with Crippen LogP contribution in [0.3, 0.4) is 0 Å². The van der Waals surface area contributed by atoms with E-state index in [9.17, 15) is 14.4 Å². The molecule has 0 spiro atoms. The number of anilines is 1. The molecule has 3 N–H and O–H groups in total. The molecule has 0 saturated heterocycles. The van der Waals surface area contributed by atoms with Crippen LogP contribution in [0.25, 0.3) is 11.1 Å². The van der Waals surface area contributed by atoms with Gasteiger partial charge in [0.1, 0.15) is 6.29 Å². The Morgan fingerprint density at radius 1 is 1.00 bits per heavy atom. The summed E-state index contributed by atoms with van der Waals surface area (Å²) in [6, 6.07) is 18.2. The first-order valence-electron chi connectivity index (χ1n) is 7.69. The fourth-order valence-corrected chi connectivity index (χ4v) is 3.23. The standard InChI is InChI=1S/C16H18N5O3P/c22-25(23,24)12-21(16-17-19-20-18-16)11-10-13-6-8-15(9-7-13)14-4-2-1-3-5-14/h1-9H,10-12H2,(H2,22,23,24)(H,17,18,19,20). The molecule has 3 rings (SSSR count). The minimum Gasteiger partial charge on any atom is -0.328 e. The van der Waals surface area contributed by atoms with Gasteiger partial charge in [-0.2, -0.15) is 0 Å². The van der Waals surface area contributed by atoms with Crippen molar-refractivity contribution in [1.82, 2.24) is 20.6 Å². The van der Waals surface area contributed by atoms with Gasteiger partial charge < -0.3 is 14.7 Å². The molecule has 0 bridgehead atoms. The maximum atomic E-state index is 11.3. The number of tetrazole rings is 1. The van der Waals surface area contributed by atoms with Gasteiger partial charge >= 0.3 is 7.60 Å². The smallest absolute Gasteiger partial charge is 0.328 e. The number of rotatable bonds is 7. The fourth-order valence-electron chi connectivity index (χ4n) is 2.51. The number of aromatic amines is 1. The van der Waals surface area contributed by atoms with Crippen LogP contribution in [0.1, 0.15) is 5.56 Å². The molecule has 8 nitrogen and oxygen atoms in total. The molecule has 0 saturated carbocycles. The van der Waals surface area contributed by atoms with Crippen LogP contribution in [0, 0.1) is 0 Å².